The van der Waals surface area contributed by atoms with Gasteiger partial charge in [0, 0.05) is 19.7 Å². The zero-order valence-corrected chi connectivity index (χ0v) is 13.1. The summed E-state index contributed by atoms with van der Waals surface area (Å²) in [4.78, 5) is 12.1. The highest BCUT2D eigenvalue weighted by atomic mass is 127. The molecule has 0 bridgehead atoms. The fraction of sp³-hybridized carbons (Fsp3) is 0. The van der Waals surface area contributed by atoms with Gasteiger partial charge in [-0.2, -0.15) is 0 Å². The number of halogens is 2. The number of nitrogens with one attached hydrogen (secondary N) is 1. The lowest BCUT2D eigenvalue weighted by molar-refractivity contribution is 0.0998. The van der Waals surface area contributed by atoms with Crippen molar-refractivity contribution in [1.29, 1.82) is 0 Å². The van der Waals surface area contributed by atoms with Crippen LogP contribution in [0.1, 0.15) is 10.6 Å². The summed E-state index contributed by atoms with van der Waals surface area (Å²) >= 11 is 8.12. The summed E-state index contributed by atoms with van der Waals surface area (Å²) in [5.74, 6) is -0.0145. The molecule has 0 radical (unpaired) electrons. The largest absolute Gasteiger partial charge is 0.451 e. The highest BCUT2D eigenvalue weighted by molar-refractivity contribution is 14.1. The van der Waals surface area contributed by atoms with Gasteiger partial charge in [-0.05, 0) is 71.1 Å². The van der Waals surface area contributed by atoms with Crippen LogP contribution in [0.2, 0.25) is 5.02 Å². The quantitative estimate of drug-likeness (QED) is 0.622. The van der Waals surface area contributed by atoms with E-state index in [-0.39, 0.29) is 11.7 Å². The van der Waals surface area contributed by atoms with E-state index >= 15 is 0 Å². The van der Waals surface area contributed by atoms with Crippen LogP contribution in [0, 0.1) is 3.57 Å². The fourth-order valence-electron chi connectivity index (χ4n) is 1.85. The molecule has 0 saturated heterocycles. The van der Waals surface area contributed by atoms with E-state index in [4.69, 9.17) is 16.0 Å². The van der Waals surface area contributed by atoms with Crippen LogP contribution in [0.25, 0.3) is 11.0 Å². The molecule has 0 aliphatic rings. The number of hydrogen-bond acceptors (Lipinski definition) is 2. The van der Waals surface area contributed by atoms with E-state index in [9.17, 15) is 4.79 Å². The Hall–Kier alpha value is -1.53. The van der Waals surface area contributed by atoms with Gasteiger partial charge in [-0.25, -0.2) is 0 Å². The zero-order chi connectivity index (χ0) is 14.1. The summed E-state index contributed by atoms with van der Waals surface area (Å²) < 4.78 is 6.62. The molecule has 20 heavy (non-hydrogen) atoms. The smallest absolute Gasteiger partial charge is 0.291 e. The van der Waals surface area contributed by atoms with Crippen LogP contribution < -0.4 is 5.32 Å². The molecule has 100 valence electrons. The van der Waals surface area contributed by atoms with Gasteiger partial charge in [-0.3, -0.25) is 4.79 Å². The van der Waals surface area contributed by atoms with Crippen molar-refractivity contribution in [3.05, 3.63) is 62.9 Å². The monoisotopic (exact) mass is 397 g/mol. The van der Waals surface area contributed by atoms with Crippen LogP contribution in [0.15, 0.2) is 52.9 Å². The first-order chi connectivity index (χ1) is 9.61. The topological polar surface area (TPSA) is 42.2 Å². The fourth-order valence-corrected chi connectivity index (χ4v) is 2.39. The molecule has 0 atom stereocenters. The molecule has 2 aromatic carbocycles. The molecule has 1 heterocycles. The van der Waals surface area contributed by atoms with E-state index in [1.807, 2.05) is 24.3 Å². The first-order valence-corrected chi connectivity index (χ1v) is 7.33. The number of rotatable bonds is 2. The Morgan fingerprint density at radius 2 is 1.85 bits per heavy atom. The number of amides is 1. The standard InChI is InChI=1S/C15H9ClINO2/c16-10-1-6-13-9(7-10)8-14(20-13)15(19)18-12-4-2-11(17)3-5-12/h1-8H,(H,18,19). The molecule has 0 aliphatic heterocycles. The summed E-state index contributed by atoms with van der Waals surface area (Å²) in [7, 11) is 0. The Labute approximate surface area is 134 Å². The second kappa shape index (κ2) is 5.46. The molecule has 1 amide bonds. The summed E-state index contributed by atoms with van der Waals surface area (Å²) in [6.45, 7) is 0. The number of furan rings is 1. The molecule has 0 unspecified atom stereocenters. The first-order valence-electron chi connectivity index (χ1n) is 5.88. The average molecular weight is 398 g/mol. The maximum absolute atomic E-state index is 12.1. The van der Waals surface area contributed by atoms with Crippen molar-refractivity contribution < 1.29 is 9.21 Å². The highest BCUT2D eigenvalue weighted by Crippen LogP contribution is 2.23. The van der Waals surface area contributed by atoms with Crippen LogP contribution >= 0.6 is 34.2 Å². The third-order valence-corrected chi connectivity index (χ3v) is 3.76. The third kappa shape index (κ3) is 2.81. The molecule has 0 fully saturated rings. The number of benzene rings is 2. The number of anilines is 1. The lowest BCUT2D eigenvalue weighted by Crippen LogP contribution is -2.10. The van der Waals surface area contributed by atoms with E-state index in [0.717, 1.165) is 14.6 Å². The Morgan fingerprint density at radius 3 is 2.60 bits per heavy atom. The molecule has 0 spiro atoms. The summed E-state index contributed by atoms with van der Waals surface area (Å²) in [5.41, 5.74) is 1.37. The number of hydrogen-bond donors (Lipinski definition) is 1. The molecule has 1 aromatic heterocycles. The van der Waals surface area contributed by atoms with Gasteiger partial charge < -0.3 is 9.73 Å². The van der Waals surface area contributed by atoms with Crippen LogP contribution in [0.4, 0.5) is 5.69 Å². The number of fused-ring (bicyclic) bond motifs is 1. The van der Waals surface area contributed by atoms with Crippen molar-refractivity contribution in [2.75, 3.05) is 5.32 Å². The predicted octanol–water partition coefficient (Wildman–Crippen LogP) is 4.94. The molecule has 5 heteroatoms. The SMILES string of the molecule is O=C(Nc1ccc(I)cc1)c1cc2cc(Cl)ccc2o1. The Balaban J connectivity index is 1.86. The molecular formula is C15H9ClINO2. The van der Waals surface area contributed by atoms with Crippen LogP contribution in [0.5, 0.6) is 0 Å². The summed E-state index contributed by atoms with van der Waals surface area (Å²) in [5, 5.41) is 4.22. The second-order valence-corrected chi connectivity index (χ2v) is 5.94. The Kier molecular flexibility index (Phi) is 3.67. The van der Waals surface area contributed by atoms with Gasteiger partial charge in [0.15, 0.2) is 5.76 Å². The van der Waals surface area contributed by atoms with E-state index < -0.39 is 0 Å². The van der Waals surface area contributed by atoms with E-state index in [0.29, 0.717) is 10.6 Å². The van der Waals surface area contributed by atoms with Crippen molar-refractivity contribution in [2.45, 2.75) is 0 Å². The van der Waals surface area contributed by atoms with Crippen molar-refractivity contribution in [3.8, 4) is 0 Å². The Bertz CT molecular complexity index is 780. The minimum Gasteiger partial charge on any atom is -0.451 e. The second-order valence-electron chi connectivity index (χ2n) is 4.25. The molecule has 3 rings (SSSR count). The predicted molar refractivity (Wildman–Crippen MR) is 88.3 cm³/mol. The summed E-state index contributed by atoms with van der Waals surface area (Å²) in [6.07, 6.45) is 0. The van der Waals surface area contributed by atoms with E-state index in [2.05, 4.69) is 27.9 Å². The van der Waals surface area contributed by atoms with Crippen LogP contribution in [-0.2, 0) is 0 Å². The van der Waals surface area contributed by atoms with Gasteiger partial charge in [0.25, 0.3) is 5.91 Å². The highest BCUT2D eigenvalue weighted by Gasteiger charge is 2.12. The molecular weight excluding hydrogens is 389 g/mol. The molecule has 0 aliphatic carbocycles. The molecule has 1 N–H and O–H groups in total. The van der Waals surface area contributed by atoms with Gasteiger partial charge in [0.2, 0.25) is 0 Å². The van der Waals surface area contributed by atoms with Crippen molar-refractivity contribution >= 4 is 56.8 Å². The van der Waals surface area contributed by atoms with E-state index in [1.165, 1.54) is 0 Å². The third-order valence-electron chi connectivity index (χ3n) is 2.80. The molecule has 3 aromatic rings. The minimum atomic E-state index is -0.279. The van der Waals surface area contributed by atoms with Gasteiger partial charge in [0.05, 0.1) is 0 Å². The van der Waals surface area contributed by atoms with Gasteiger partial charge in [-0.1, -0.05) is 11.6 Å². The van der Waals surface area contributed by atoms with Gasteiger partial charge in [0.1, 0.15) is 5.58 Å². The van der Waals surface area contributed by atoms with Crippen molar-refractivity contribution in [3.63, 3.8) is 0 Å². The Morgan fingerprint density at radius 1 is 1.10 bits per heavy atom. The lowest BCUT2D eigenvalue weighted by Gasteiger charge is -2.02. The van der Waals surface area contributed by atoms with Crippen molar-refractivity contribution in [2.24, 2.45) is 0 Å². The maximum Gasteiger partial charge on any atom is 0.291 e. The lowest BCUT2D eigenvalue weighted by atomic mass is 10.2. The van der Waals surface area contributed by atoms with Gasteiger partial charge in [-0.15, -0.1) is 0 Å². The van der Waals surface area contributed by atoms with Crippen LogP contribution in [-0.4, -0.2) is 5.91 Å². The van der Waals surface area contributed by atoms with Gasteiger partial charge >= 0.3 is 0 Å². The summed E-state index contributed by atoms with van der Waals surface area (Å²) in [6, 6.07) is 14.5. The zero-order valence-electron chi connectivity index (χ0n) is 10.2. The first kappa shape index (κ1) is 13.5. The van der Waals surface area contributed by atoms with Crippen molar-refractivity contribution in [1.82, 2.24) is 0 Å². The molecule has 3 nitrogen and oxygen atoms in total. The average Bonchev–Trinajstić information content (AvgIpc) is 2.84. The van der Waals surface area contributed by atoms with Crippen LogP contribution in [0.3, 0.4) is 0 Å². The molecule has 0 saturated carbocycles. The minimum absolute atomic E-state index is 0.265. The normalized spacial score (nSPS) is 10.7. The maximum atomic E-state index is 12.1. The number of carbonyl (C=O) groups is 1. The number of carbonyl (C=O) groups excluding carboxylic acids is 1. The van der Waals surface area contributed by atoms with E-state index in [1.54, 1.807) is 24.3 Å².